The third kappa shape index (κ3) is 3.06. The maximum atomic E-state index is 12.2. The van der Waals surface area contributed by atoms with Crippen molar-refractivity contribution in [2.75, 3.05) is 11.6 Å². The van der Waals surface area contributed by atoms with Crippen LogP contribution in [0.25, 0.3) is 11.0 Å². The Bertz CT molecular complexity index is 922. The number of nitrogens with zero attached hydrogens (tertiary/aromatic N) is 2. The number of nitrogens with one attached hydrogen (secondary N) is 1. The number of fused-ring (bicyclic) bond motifs is 1. The molecule has 0 spiro atoms. The average Bonchev–Trinajstić information content (AvgIpc) is 2.95. The summed E-state index contributed by atoms with van der Waals surface area (Å²) in [5, 5.41) is 3.90. The van der Waals surface area contributed by atoms with E-state index in [9.17, 15) is 9.59 Å². The van der Waals surface area contributed by atoms with E-state index >= 15 is 0 Å². The molecule has 3 rings (SSSR count). The molecule has 0 saturated heterocycles. The lowest BCUT2D eigenvalue weighted by atomic mass is 10.2. The number of halogens is 1. The number of rotatable bonds is 3. The van der Waals surface area contributed by atoms with Gasteiger partial charge < -0.3 is 4.42 Å². The van der Waals surface area contributed by atoms with Crippen LogP contribution in [0.1, 0.15) is 10.6 Å². The third-order valence-electron chi connectivity index (χ3n) is 2.72. The molecule has 0 bridgehead atoms. The van der Waals surface area contributed by atoms with E-state index in [4.69, 9.17) is 4.42 Å². The number of benzene rings is 1. The van der Waals surface area contributed by atoms with Crippen LogP contribution in [0.2, 0.25) is 0 Å². The Hall–Kier alpha value is -1.71. The fourth-order valence-corrected chi connectivity index (χ4v) is 3.23. The number of carbonyl (C=O) groups excluding carboxylic acids is 1. The first-order valence-corrected chi connectivity index (χ1v) is 8.78. The standard InChI is InChI=1S/C13H8BrN3O3S2/c1-21-13-16-12(22-17-13)15-11(19)10-5-8(18)7-4-6(14)2-3-9(7)20-10/h2-5H,1H3,(H,15,16,17,19). The number of thioether (sulfide) groups is 1. The number of amides is 1. The Morgan fingerprint density at radius 2 is 2.23 bits per heavy atom. The number of carbonyl (C=O) groups is 1. The van der Waals surface area contributed by atoms with Crippen LogP contribution in [0, 0.1) is 0 Å². The quantitative estimate of drug-likeness (QED) is 0.681. The summed E-state index contributed by atoms with van der Waals surface area (Å²) in [6, 6.07) is 6.19. The Balaban J connectivity index is 1.94. The lowest BCUT2D eigenvalue weighted by Gasteiger charge is -2.02. The Kier molecular flexibility index (Phi) is 4.27. The van der Waals surface area contributed by atoms with Crippen molar-refractivity contribution < 1.29 is 9.21 Å². The van der Waals surface area contributed by atoms with Crippen molar-refractivity contribution in [1.82, 2.24) is 9.36 Å². The summed E-state index contributed by atoms with van der Waals surface area (Å²) in [6.07, 6.45) is 1.84. The van der Waals surface area contributed by atoms with E-state index in [-0.39, 0.29) is 11.2 Å². The zero-order chi connectivity index (χ0) is 15.7. The molecule has 0 atom stereocenters. The van der Waals surface area contributed by atoms with Gasteiger partial charge in [0.25, 0.3) is 5.91 Å². The van der Waals surface area contributed by atoms with Gasteiger partial charge in [-0.15, -0.1) is 0 Å². The van der Waals surface area contributed by atoms with E-state index in [1.54, 1.807) is 18.2 Å². The highest BCUT2D eigenvalue weighted by molar-refractivity contribution is 9.10. The molecule has 1 amide bonds. The summed E-state index contributed by atoms with van der Waals surface area (Å²) >= 11 is 5.74. The van der Waals surface area contributed by atoms with E-state index in [1.165, 1.54) is 17.8 Å². The van der Waals surface area contributed by atoms with Gasteiger partial charge in [-0.05, 0) is 24.5 Å². The predicted molar refractivity (Wildman–Crippen MR) is 89.8 cm³/mol. The number of anilines is 1. The summed E-state index contributed by atoms with van der Waals surface area (Å²) in [7, 11) is 0. The first-order valence-electron chi connectivity index (χ1n) is 5.99. The molecular weight excluding hydrogens is 390 g/mol. The topological polar surface area (TPSA) is 85.1 Å². The molecule has 6 nitrogen and oxygen atoms in total. The number of aromatic nitrogens is 2. The van der Waals surface area contributed by atoms with Crippen molar-refractivity contribution in [1.29, 1.82) is 0 Å². The highest BCUT2D eigenvalue weighted by Gasteiger charge is 2.15. The van der Waals surface area contributed by atoms with Crippen LogP contribution in [0.15, 0.2) is 43.1 Å². The molecule has 22 heavy (non-hydrogen) atoms. The molecule has 0 radical (unpaired) electrons. The summed E-state index contributed by atoms with van der Waals surface area (Å²) in [4.78, 5) is 28.3. The Morgan fingerprint density at radius 1 is 1.41 bits per heavy atom. The fraction of sp³-hybridized carbons (Fsp3) is 0.0769. The van der Waals surface area contributed by atoms with Crippen LogP contribution in [-0.4, -0.2) is 21.5 Å². The molecule has 2 aromatic heterocycles. The van der Waals surface area contributed by atoms with E-state index in [1.807, 2.05) is 6.26 Å². The lowest BCUT2D eigenvalue weighted by Crippen LogP contribution is -2.14. The molecule has 2 heterocycles. The third-order valence-corrected chi connectivity index (χ3v) is 4.51. The lowest BCUT2D eigenvalue weighted by molar-refractivity contribution is 0.0997. The summed E-state index contributed by atoms with van der Waals surface area (Å²) in [5.74, 6) is -0.605. The van der Waals surface area contributed by atoms with Gasteiger partial charge in [0.05, 0.1) is 5.39 Å². The van der Waals surface area contributed by atoms with Gasteiger partial charge in [-0.1, -0.05) is 27.7 Å². The summed E-state index contributed by atoms with van der Waals surface area (Å²) in [5.41, 5.74) is 0.0673. The normalized spacial score (nSPS) is 10.8. The van der Waals surface area contributed by atoms with Gasteiger partial charge in [0.15, 0.2) is 11.2 Å². The molecule has 0 saturated carbocycles. The molecule has 0 aliphatic carbocycles. The zero-order valence-corrected chi connectivity index (χ0v) is 14.3. The molecule has 0 aliphatic rings. The van der Waals surface area contributed by atoms with E-state index < -0.39 is 5.91 Å². The van der Waals surface area contributed by atoms with Crippen LogP contribution in [0.4, 0.5) is 5.13 Å². The molecule has 112 valence electrons. The van der Waals surface area contributed by atoms with E-state index in [2.05, 4.69) is 30.6 Å². The van der Waals surface area contributed by atoms with E-state index in [0.717, 1.165) is 16.0 Å². The average molecular weight is 398 g/mol. The molecular formula is C13H8BrN3O3S2. The summed E-state index contributed by atoms with van der Waals surface area (Å²) in [6.45, 7) is 0. The van der Waals surface area contributed by atoms with Crippen LogP contribution in [0.3, 0.4) is 0 Å². The molecule has 3 aromatic rings. The highest BCUT2D eigenvalue weighted by Crippen LogP contribution is 2.20. The van der Waals surface area contributed by atoms with Crippen molar-refractivity contribution in [3.8, 4) is 0 Å². The van der Waals surface area contributed by atoms with Gasteiger partial charge >= 0.3 is 0 Å². The van der Waals surface area contributed by atoms with Gasteiger partial charge in [-0.25, -0.2) is 0 Å². The van der Waals surface area contributed by atoms with Crippen LogP contribution < -0.4 is 10.7 Å². The molecule has 0 fully saturated rings. The second-order valence-corrected chi connectivity index (χ2v) is 6.60. The van der Waals surface area contributed by atoms with Gasteiger partial charge in [-0.2, -0.15) is 9.36 Å². The smallest absolute Gasteiger partial charge is 0.293 e. The fourth-order valence-electron chi connectivity index (χ4n) is 1.74. The van der Waals surface area contributed by atoms with Crippen LogP contribution in [-0.2, 0) is 0 Å². The molecule has 0 aliphatic heterocycles. The first-order chi connectivity index (χ1) is 10.6. The SMILES string of the molecule is CSc1nsc(NC(=O)c2cc(=O)c3cc(Br)ccc3o2)n1. The molecule has 1 N–H and O–H groups in total. The minimum absolute atomic E-state index is 0.0688. The largest absolute Gasteiger partial charge is 0.451 e. The van der Waals surface area contributed by atoms with Crippen molar-refractivity contribution in [3.05, 3.63) is 44.7 Å². The van der Waals surface area contributed by atoms with Gasteiger partial charge in [0.2, 0.25) is 10.3 Å². The first kappa shape index (κ1) is 15.2. The minimum atomic E-state index is -0.536. The zero-order valence-electron chi connectivity index (χ0n) is 11.1. The number of hydrogen-bond acceptors (Lipinski definition) is 7. The van der Waals surface area contributed by atoms with Crippen molar-refractivity contribution >= 4 is 61.2 Å². The molecule has 1 aromatic carbocycles. The van der Waals surface area contributed by atoms with Crippen molar-refractivity contribution in [2.45, 2.75) is 5.16 Å². The van der Waals surface area contributed by atoms with Crippen molar-refractivity contribution in [2.24, 2.45) is 0 Å². The summed E-state index contributed by atoms with van der Waals surface area (Å²) < 4.78 is 10.3. The predicted octanol–water partition coefficient (Wildman–Crippen LogP) is 3.38. The highest BCUT2D eigenvalue weighted by atomic mass is 79.9. The Morgan fingerprint density at radius 3 is 2.95 bits per heavy atom. The maximum Gasteiger partial charge on any atom is 0.293 e. The van der Waals surface area contributed by atoms with Gasteiger partial charge in [0.1, 0.15) is 5.58 Å². The minimum Gasteiger partial charge on any atom is -0.451 e. The van der Waals surface area contributed by atoms with Crippen LogP contribution in [0.5, 0.6) is 0 Å². The monoisotopic (exact) mass is 397 g/mol. The Labute approximate surface area is 141 Å². The second-order valence-electron chi connectivity index (χ2n) is 4.16. The van der Waals surface area contributed by atoms with Crippen LogP contribution >= 0.6 is 39.2 Å². The van der Waals surface area contributed by atoms with Gasteiger partial charge in [0, 0.05) is 22.1 Å². The van der Waals surface area contributed by atoms with Crippen molar-refractivity contribution in [3.63, 3.8) is 0 Å². The maximum absolute atomic E-state index is 12.2. The second kappa shape index (κ2) is 6.19. The van der Waals surface area contributed by atoms with E-state index in [0.29, 0.717) is 21.3 Å². The molecule has 0 unspecified atom stereocenters. The number of hydrogen-bond donors (Lipinski definition) is 1. The molecule has 9 heteroatoms. The van der Waals surface area contributed by atoms with Gasteiger partial charge in [-0.3, -0.25) is 14.9 Å².